The summed E-state index contributed by atoms with van der Waals surface area (Å²) in [6.07, 6.45) is 0.913. The maximum Gasteiger partial charge on any atom is 0.253 e. The molecule has 1 amide bonds. The average molecular weight is 349 g/mol. The fourth-order valence-corrected chi connectivity index (χ4v) is 3.92. The van der Waals surface area contributed by atoms with Crippen molar-refractivity contribution in [1.29, 1.82) is 0 Å². The first-order valence-electron chi connectivity index (χ1n) is 7.34. The molecule has 0 N–H and O–H groups in total. The summed E-state index contributed by atoms with van der Waals surface area (Å²) in [7, 11) is 0. The van der Waals surface area contributed by atoms with E-state index < -0.39 is 35.3 Å². The molecule has 0 aliphatic carbocycles. The Morgan fingerprint density at radius 2 is 1.65 bits per heavy atom. The van der Waals surface area contributed by atoms with Crippen LogP contribution in [-0.2, 0) is 4.79 Å². The predicted octanol–water partition coefficient (Wildman–Crippen LogP) is 2.18. The molecule has 0 bridgehead atoms. The van der Waals surface area contributed by atoms with Crippen molar-refractivity contribution in [3.63, 3.8) is 0 Å². The van der Waals surface area contributed by atoms with Crippen LogP contribution >= 0.6 is 11.8 Å². The molecular formula is C14H15F4N3OS. The van der Waals surface area contributed by atoms with E-state index >= 15 is 0 Å². The number of hydrogen-bond donors (Lipinski definition) is 0. The normalized spacial score (nSPS) is 21.8. The molecule has 1 aromatic heterocycles. The predicted molar refractivity (Wildman–Crippen MR) is 78.3 cm³/mol. The van der Waals surface area contributed by atoms with E-state index in [2.05, 4.69) is 4.98 Å². The van der Waals surface area contributed by atoms with E-state index in [9.17, 15) is 22.4 Å². The molecule has 126 valence electrons. The zero-order valence-electron chi connectivity index (χ0n) is 12.2. The third kappa shape index (κ3) is 2.98. The molecule has 2 saturated heterocycles. The van der Waals surface area contributed by atoms with Gasteiger partial charge < -0.3 is 9.80 Å². The van der Waals surface area contributed by atoms with Gasteiger partial charge in [-0.05, 0) is 12.8 Å². The van der Waals surface area contributed by atoms with Crippen molar-refractivity contribution in [1.82, 2.24) is 9.88 Å². The van der Waals surface area contributed by atoms with Crippen LogP contribution in [0.15, 0.2) is 0 Å². The topological polar surface area (TPSA) is 36.4 Å². The van der Waals surface area contributed by atoms with Gasteiger partial charge in [-0.25, -0.2) is 0 Å². The third-order valence-corrected chi connectivity index (χ3v) is 5.06. The van der Waals surface area contributed by atoms with E-state index in [1.54, 1.807) is 16.7 Å². The van der Waals surface area contributed by atoms with Gasteiger partial charge in [0.15, 0.2) is 0 Å². The van der Waals surface area contributed by atoms with E-state index in [1.165, 1.54) is 0 Å². The summed E-state index contributed by atoms with van der Waals surface area (Å²) < 4.78 is 54.6. The van der Waals surface area contributed by atoms with Gasteiger partial charge in [0.1, 0.15) is 11.7 Å². The molecule has 2 aliphatic rings. The van der Waals surface area contributed by atoms with Crippen LogP contribution in [0.1, 0.15) is 12.8 Å². The molecule has 3 rings (SSSR count). The first kappa shape index (κ1) is 16.4. The van der Waals surface area contributed by atoms with E-state index in [0.717, 1.165) is 16.4 Å². The fraction of sp³-hybridized carbons (Fsp3) is 0.571. The lowest BCUT2D eigenvalue weighted by molar-refractivity contribution is -0.132. The highest BCUT2D eigenvalue weighted by atomic mass is 32.2. The number of thioether (sulfide) groups is 1. The second-order valence-electron chi connectivity index (χ2n) is 5.46. The highest BCUT2D eigenvalue weighted by Crippen LogP contribution is 2.33. The number of hydrogen-bond acceptors (Lipinski definition) is 4. The van der Waals surface area contributed by atoms with Crippen LogP contribution in [-0.4, -0.2) is 53.0 Å². The zero-order valence-corrected chi connectivity index (χ0v) is 13.0. The van der Waals surface area contributed by atoms with Crippen molar-refractivity contribution in [3.8, 4) is 0 Å². The van der Waals surface area contributed by atoms with Crippen molar-refractivity contribution in [2.75, 3.05) is 36.0 Å². The van der Waals surface area contributed by atoms with Gasteiger partial charge in [-0.2, -0.15) is 34.3 Å². The molecular weight excluding hydrogens is 334 g/mol. The van der Waals surface area contributed by atoms with E-state index in [1.807, 2.05) is 0 Å². The van der Waals surface area contributed by atoms with Gasteiger partial charge in [0, 0.05) is 31.1 Å². The standard InChI is InChI=1S/C14H15F4N3OS/c15-9-11(10(16)13(18)19-12(9)17)21-3-1-2-8(21)14(22)20-4-6-23-7-5-20/h8H,1-7H2. The summed E-state index contributed by atoms with van der Waals surface area (Å²) in [5.74, 6) is -5.16. The average Bonchev–Trinajstić information content (AvgIpc) is 3.03. The SMILES string of the molecule is O=C(C1CCCN1c1c(F)c(F)nc(F)c1F)N1CCSCC1. The van der Waals surface area contributed by atoms with E-state index in [0.29, 0.717) is 25.9 Å². The van der Waals surface area contributed by atoms with Crippen LogP contribution in [0.3, 0.4) is 0 Å². The first-order chi connectivity index (χ1) is 11.0. The number of aromatic nitrogens is 1. The summed E-state index contributed by atoms with van der Waals surface area (Å²) in [6, 6.07) is -0.802. The van der Waals surface area contributed by atoms with Gasteiger partial charge in [-0.3, -0.25) is 4.79 Å². The molecule has 4 nitrogen and oxygen atoms in total. The number of carbonyl (C=O) groups is 1. The molecule has 2 aliphatic heterocycles. The Bertz CT molecular complexity index is 598. The highest BCUT2D eigenvalue weighted by molar-refractivity contribution is 7.99. The molecule has 0 spiro atoms. The second kappa shape index (κ2) is 6.54. The largest absolute Gasteiger partial charge is 0.354 e. The van der Waals surface area contributed by atoms with Crippen molar-refractivity contribution >= 4 is 23.4 Å². The van der Waals surface area contributed by atoms with Crippen LogP contribution in [0.4, 0.5) is 23.2 Å². The Hall–Kier alpha value is -1.51. The van der Waals surface area contributed by atoms with Crippen LogP contribution in [0.2, 0.25) is 0 Å². The maximum atomic E-state index is 14.0. The number of carbonyl (C=O) groups excluding carboxylic acids is 1. The lowest BCUT2D eigenvalue weighted by Gasteiger charge is -2.33. The maximum absolute atomic E-state index is 14.0. The Morgan fingerprint density at radius 1 is 1.04 bits per heavy atom. The Morgan fingerprint density at radius 3 is 2.26 bits per heavy atom. The highest BCUT2D eigenvalue weighted by Gasteiger charge is 2.38. The molecule has 3 heterocycles. The van der Waals surface area contributed by atoms with Gasteiger partial charge in [0.05, 0.1) is 0 Å². The number of halogens is 4. The summed E-state index contributed by atoms with van der Waals surface area (Å²) >= 11 is 1.73. The minimum atomic E-state index is -1.70. The van der Waals surface area contributed by atoms with Crippen LogP contribution in [0.25, 0.3) is 0 Å². The second-order valence-corrected chi connectivity index (χ2v) is 6.68. The van der Waals surface area contributed by atoms with Crippen molar-refractivity contribution in [3.05, 3.63) is 23.5 Å². The first-order valence-corrected chi connectivity index (χ1v) is 8.49. The minimum absolute atomic E-state index is 0.162. The molecule has 0 aromatic carbocycles. The molecule has 0 radical (unpaired) electrons. The fourth-order valence-electron chi connectivity index (χ4n) is 3.01. The Labute approximate surface area is 134 Å². The van der Waals surface area contributed by atoms with Crippen LogP contribution in [0, 0.1) is 23.5 Å². The van der Waals surface area contributed by atoms with Gasteiger partial charge in [0.25, 0.3) is 11.9 Å². The van der Waals surface area contributed by atoms with Gasteiger partial charge in [0.2, 0.25) is 17.5 Å². The molecule has 9 heteroatoms. The molecule has 0 saturated carbocycles. The number of nitrogens with zero attached hydrogens (tertiary/aromatic N) is 3. The van der Waals surface area contributed by atoms with Crippen molar-refractivity contribution in [2.24, 2.45) is 0 Å². The molecule has 23 heavy (non-hydrogen) atoms. The van der Waals surface area contributed by atoms with Gasteiger partial charge >= 0.3 is 0 Å². The zero-order chi connectivity index (χ0) is 16.6. The van der Waals surface area contributed by atoms with E-state index in [4.69, 9.17) is 0 Å². The van der Waals surface area contributed by atoms with Crippen molar-refractivity contribution < 1.29 is 22.4 Å². The number of pyridine rings is 1. The van der Waals surface area contributed by atoms with Crippen LogP contribution in [0.5, 0.6) is 0 Å². The Balaban J connectivity index is 1.91. The monoisotopic (exact) mass is 349 g/mol. The minimum Gasteiger partial charge on any atom is -0.354 e. The number of anilines is 1. The molecule has 2 fully saturated rings. The summed E-state index contributed by atoms with van der Waals surface area (Å²) in [6.45, 7) is 1.30. The summed E-state index contributed by atoms with van der Waals surface area (Å²) in [5, 5.41) is 0. The molecule has 1 aromatic rings. The lowest BCUT2D eigenvalue weighted by Crippen LogP contribution is -2.49. The van der Waals surface area contributed by atoms with Gasteiger partial charge in [-0.1, -0.05) is 0 Å². The molecule has 1 unspecified atom stereocenters. The lowest BCUT2D eigenvalue weighted by atomic mass is 10.1. The molecule has 1 atom stereocenters. The Kier molecular flexibility index (Phi) is 4.65. The van der Waals surface area contributed by atoms with Crippen LogP contribution < -0.4 is 4.90 Å². The number of rotatable bonds is 2. The number of amides is 1. The smallest absolute Gasteiger partial charge is 0.253 e. The summed E-state index contributed by atoms with van der Waals surface area (Å²) in [5.41, 5.74) is -0.836. The van der Waals surface area contributed by atoms with Gasteiger partial charge in [-0.15, -0.1) is 0 Å². The van der Waals surface area contributed by atoms with Crippen molar-refractivity contribution in [2.45, 2.75) is 18.9 Å². The quantitative estimate of drug-likeness (QED) is 0.606. The van der Waals surface area contributed by atoms with E-state index in [-0.39, 0.29) is 12.5 Å². The third-order valence-electron chi connectivity index (χ3n) is 4.12. The summed E-state index contributed by atoms with van der Waals surface area (Å²) in [4.78, 5) is 17.9.